The van der Waals surface area contributed by atoms with Crippen molar-refractivity contribution in [1.29, 1.82) is 0 Å². The first-order chi connectivity index (χ1) is 5.57. The zero-order valence-corrected chi connectivity index (χ0v) is 7.64. The maximum atomic E-state index is 9.92. The number of aliphatic carboxylic acids is 1. The molecule has 0 aliphatic carbocycles. The number of carboxylic acid groups (broad SMARTS) is 1. The smallest absolute Gasteiger partial charge is 0.550 e. The molecule has 6 heteroatoms. The third-order valence-electron chi connectivity index (χ3n) is 1.51. The fraction of sp³-hybridized carbons (Fsp3) is 0.857. The second kappa shape index (κ2) is 8.54. The van der Waals surface area contributed by atoms with Crippen LogP contribution in [0.3, 0.4) is 0 Å². The number of carboxylic acids is 1. The number of carbonyl (C=O) groups is 1. The SMILES string of the molecule is O=C([O-])CCC[C@H](O)[C@H](O)CO.[Li+]. The predicted octanol–water partition coefficient (Wildman–Crippen LogP) is -5.38. The summed E-state index contributed by atoms with van der Waals surface area (Å²) < 4.78 is 0. The summed E-state index contributed by atoms with van der Waals surface area (Å²) in [6.07, 6.45) is -2.01. The van der Waals surface area contributed by atoms with E-state index in [1.165, 1.54) is 0 Å². The van der Waals surface area contributed by atoms with E-state index in [1.54, 1.807) is 0 Å². The van der Waals surface area contributed by atoms with Crippen molar-refractivity contribution in [2.45, 2.75) is 31.5 Å². The van der Waals surface area contributed by atoms with Gasteiger partial charge in [-0.2, -0.15) is 0 Å². The first-order valence-corrected chi connectivity index (χ1v) is 3.74. The average molecular weight is 184 g/mol. The van der Waals surface area contributed by atoms with Crippen LogP contribution < -0.4 is 24.0 Å². The minimum absolute atomic E-state index is 0. The Morgan fingerprint density at radius 2 is 1.85 bits per heavy atom. The molecule has 0 heterocycles. The van der Waals surface area contributed by atoms with Crippen LogP contribution in [0.5, 0.6) is 0 Å². The maximum Gasteiger partial charge on any atom is 1.00 e. The Morgan fingerprint density at radius 1 is 1.31 bits per heavy atom. The van der Waals surface area contributed by atoms with Gasteiger partial charge in [0.25, 0.3) is 0 Å². The summed E-state index contributed by atoms with van der Waals surface area (Å²) in [4.78, 5) is 9.92. The summed E-state index contributed by atoms with van der Waals surface area (Å²) >= 11 is 0. The van der Waals surface area contributed by atoms with Crippen LogP contribution in [-0.4, -0.2) is 40.1 Å². The van der Waals surface area contributed by atoms with E-state index in [0.717, 1.165) is 0 Å². The average Bonchev–Trinajstić information content (AvgIpc) is 2.02. The van der Waals surface area contributed by atoms with Gasteiger partial charge in [-0.1, -0.05) is 0 Å². The molecule has 0 spiro atoms. The van der Waals surface area contributed by atoms with E-state index in [0.29, 0.717) is 0 Å². The maximum absolute atomic E-state index is 9.92. The predicted molar refractivity (Wildman–Crippen MR) is 38.0 cm³/mol. The van der Waals surface area contributed by atoms with Gasteiger partial charge in [-0.05, 0) is 19.3 Å². The molecule has 0 radical (unpaired) electrons. The molecule has 5 nitrogen and oxygen atoms in total. The van der Waals surface area contributed by atoms with Crippen LogP contribution in [-0.2, 0) is 4.79 Å². The fourth-order valence-electron chi connectivity index (χ4n) is 0.770. The van der Waals surface area contributed by atoms with Crippen molar-refractivity contribution in [1.82, 2.24) is 0 Å². The van der Waals surface area contributed by atoms with Gasteiger partial charge in [-0.15, -0.1) is 0 Å². The van der Waals surface area contributed by atoms with Gasteiger partial charge in [0.15, 0.2) is 0 Å². The van der Waals surface area contributed by atoms with Gasteiger partial charge < -0.3 is 25.2 Å². The van der Waals surface area contributed by atoms with Crippen LogP contribution >= 0.6 is 0 Å². The molecule has 0 aliphatic heterocycles. The van der Waals surface area contributed by atoms with Crippen LogP contribution in [0.15, 0.2) is 0 Å². The van der Waals surface area contributed by atoms with E-state index in [4.69, 9.17) is 15.3 Å². The minimum atomic E-state index is -1.19. The number of hydrogen-bond acceptors (Lipinski definition) is 5. The van der Waals surface area contributed by atoms with E-state index in [2.05, 4.69) is 0 Å². The molecule has 0 rings (SSSR count). The van der Waals surface area contributed by atoms with Gasteiger partial charge in [0.1, 0.15) is 6.10 Å². The molecule has 0 amide bonds. The van der Waals surface area contributed by atoms with Crippen LogP contribution in [0.4, 0.5) is 0 Å². The molecule has 0 bridgehead atoms. The Hall–Kier alpha value is -0.0526. The molecule has 0 aromatic rings. The van der Waals surface area contributed by atoms with Crippen molar-refractivity contribution in [3.05, 3.63) is 0 Å². The molecule has 13 heavy (non-hydrogen) atoms. The van der Waals surface area contributed by atoms with Crippen LogP contribution in [0, 0.1) is 0 Å². The molecule has 0 aromatic heterocycles. The second-order valence-corrected chi connectivity index (χ2v) is 2.58. The molecule has 0 fully saturated rings. The Balaban J connectivity index is 0. The third-order valence-corrected chi connectivity index (χ3v) is 1.51. The molecule has 0 aliphatic rings. The van der Waals surface area contributed by atoms with Crippen molar-refractivity contribution in [2.24, 2.45) is 0 Å². The van der Waals surface area contributed by atoms with E-state index >= 15 is 0 Å². The topological polar surface area (TPSA) is 101 Å². The summed E-state index contributed by atoms with van der Waals surface area (Å²) in [5.74, 6) is -1.18. The first kappa shape index (κ1) is 15.4. The Labute approximate surface area is 88.6 Å². The second-order valence-electron chi connectivity index (χ2n) is 2.58. The summed E-state index contributed by atoms with van der Waals surface area (Å²) in [5, 5.41) is 36.1. The zero-order chi connectivity index (χ0) is 9.56. The number of hydrogen-bond donors (Lipinski definition) is 3. The summed E-state index contributed by atoms with van der Waals surface area (Å²) in [5.41, 5.74) is 0. The van der Waals surface area contributed by atoms with Crippen LogP contribution in [0.2, 0.25) is 0 Å². The number of aliphatic hydroxyl groups excluding tert-OH is 3. The van der Waals surface area contributed by atoms with Crippen molar-refractivity contribution in [3.63, 3.8) is 0 Å². The Kier molecular flexibility index (Phi) is 10.1. The molecule has 0 unspecified atom stereocenters. The fourth-order valence-corrected chi connectivity index (χ4v) is 0.770. The summed E-state index contributed by atoms with van der Waals surface area (Å²) in [6, 6.07) is 0. The van der Waals surface area contributed by atoms with Crippen molar-refractivity contribution < 1.29 is 44.1 Å². The minimum Gasteiger partial charge on any atom is -0.550 e. The molecule has 3 N–H and O–H groups in total. The molecular weight excluding hydrogens is 171 g/mol. The number of rotatable bonds is 6. The van der Waals surface area contributed by atoms with E-state index in [9.17, 15) is 9.90 Å². The van der Waals surface area contributed by atoms with E-state index in [-0.39, 0.29) is 38.1 Å². The number of carbonyl (C=O) groups excluding carboxylic acids is 1. The Morgan fingerprint density at radius 3 is 2.23 bits per heavy atom. The third kappa shape index (κ3) is 8.28. The normalized spacial score (nSPS) is 14.4. The van der Waals surface area contributed by atoms with Gasteiger partial charge in [0.2, 0.25) is 0 Å². The molecular formula is C7H13LiO5. The van der Waals surface area contributed by atoms with E-state index < -0.39 is 24.8 Å². The first-order valence-electron chi connectivity index (χ1n) is 3.74. The molecule has 2 atom stereocenters. The molecule has 0 aromatic carbocycles. The summed E-state index contributed by atoms with van der Waals surface area (Å²) in [7, 11) is 0. The van der Waals surface area contributed by atoms with Crippen molar-refractivity contribution in [2.75, 3.05) is 6.61 Å². The summed E-state index contributed by atoms with van der Waals surface area (Å²) in [6.45, 7) is -0.521. The number of aliphatic hydroxyl groups is 3. The zero-order valence-electron chi connectivity index (χ0n) is 7.64. The van der Waals surface area contributed by atoms with Gasteiger partial charge in [0, 0.05) is 5.97 Å². The molecule has 0 saturated heterocycles. The largest absolute Gasteiger partial charge is 1.00 e. The quantitative estimate of drug-likeness (QED) is 0.358. The molecule has 0 saturated carbocycles. The van der Waals surface area contributed by atoms with Gasteiger partial charge in [0.05, 0.1) is 12.7 Å². The van der Waals surface area contributed by atoms with Gasteiger partial charge in [-0.25, -0.2) is 0 Å². The van der Waals surface area contributed by atoms with E-state index in [1.807, 2.05) is 0 Å². The van der Waals surface area contributed by atoms with Gasteiger partial charge in [-0.3, -0.25) is 0 Å². The van der Waals surface area contributed by atoms with Crippen LogP contribution in [0.25, 0.3) is 0 Å². The van der Waals surface area contributed by atoms with Crippen molar-refractivity contribution in [3.8, 4) is 0 Å². The van der Waals surface area contributed by atoms with Gasteiger partial charge >= 0.3 is 18.9 Å². The monoisotopic (exact) mass is 184 g/mol. The molecule has 72 valence electrons. The van der Waals surface area contributed by atoms with Crippen LogP contribution in [0.1, 0.15) is 19.3 Å². The van der Waals surface area contributed by atoms with Crippen molar-refractivity contribution >= 4 is 5.97 Å². The Bertz CT molecular complexity index is 141. The standard InChI is InChI=1S/C7H14O5.Li/c8-4-6(10)5(9)2-1-3-7(11)12;/h5-6,8-10H,1-4H2,(H,11,12);/q;+1/p-1/t5-,6+;/m0./s1.